The molecule has 0 N–H and O–H groups in total. The van der Waals surface area contributed by atoms with E-state index in [1.807, 2.05) is 6.08 Å². The van der Waals surface area contributed by atoms with Gasteiger partial charge in [-0.3, -0.25) is 0 Å². The number of ether oxygens (including phenoxy) is 2. The van der Waals surface area contributed by atoms with E-state index in [0.29, 0.717) is 13.4 Å². The third kappa shape index (κ3) is 6.30. The van der Waals surface area contributed by atoms with Gasteiger partial charge >= 0.3 is 0 Å². The minimum Gasteiger partial charge on any atom is -0.400 e. The molecule has 33 heavy (non-hydrogen) atoms. The largest absolute Gasteiger partial charge is 0.400 e. The van der Waals surface area contributed by atoms with Gasteiger partial charge in [0.25, 0.3) is 8.32 Å². The first-order valence-corrected chi connectivity index (χ1v) is 13.5. The van der Waals surface area contributed by atoms with E-state index < -0.39 is 8.32 Å². The highest BCUT2D eigenvalue weighted by Gasteiger charge is 2.51. The van der Waals surface area contributed by atoms with Gasteiger partial charge in [-0.15, -0.1) is 0 Å². The third-order valence-electron chi connectivity index (χ3n) is 5.84. The van der Waals surface area contributed by atoms with Crippen molar-refractivity contribution in [2.24, 2.45) is 0 Å². The van der Waals surface area contributed by atoms with E-state index in [4.69, 9.17) is 13.9 Å². The van der Waals surface area contributed by atoms with Crippen LogP contribution in [0.15, 0.2) is 103 Å². The van der Waals surface area contributed by atoms with E-state index in [9.17, 15) is 0 Å². The summed E-state index contributed by atoms with van der Waals surface area (Å²) in [6.45, 7) is 7.76. The van der Waals surface area contributed by atoms with Crippen LogP contribution in [0.2, 0.25) is 5.04 Å². The van der Waals surface area contributed by atoms with Crippen LogP contribution in [0.4, 0.5) is 0 Å². The molecule has 3 aromatic carbocycles. The van der Waals surface area contributed by atoms with Gasteiger partial charge in [0.05, 0.1) is 12.7 Å². The normalized spacial score (nSPS) is 13.3. The van der Waals surface area contributed by atoms with Crippen LogP contribution in [-0.4, -0.2) is 28.8 Å². The first-order valence-electron chi connectivity index (χ1n) is 11.5. The summed E-state index contributed by atoms with van der Waals surface area (Å²) in [5, 5.41) is 2.50. The van der Waals surface area contributed by atoms with Gasteiger partial charge in [-0.2, -0.15) is 0 Å². The van der Waals surface area contributed by atoms with Gasteiger partial charge in [-0.05, 0) is 27.4 Å². The lowest BCUT2D eigenvalue weighted by molar-refractivity contribution is -0.0187. The zero-order valence-corrected chi connectivity index (χ0v) is 21.2. The maximum atomic E-state index is 7.41. The molecule has 0 aromatic heterocycles. The molecule has 0 spiro atoms. The van der Waals surface area contributed by atoms with Crippen LogP contribution in [0.5, 0.6) is 0 Å². The molecule has 0 saturated carbocycles. The van der Waals surface area contributed by atoms with E-state index in [0.717, 1.165) is 6.42 Å². The Kier molecular flexibility index (Phi) is 9.21. The van der Waals surface area contributed by atoms with E-state index in [-0.39, 0.29) is 11.1 Å². The Balaban J connectivity index is 2.05. The number of hydrogen-bond acceptors (Lipinski definition) is 3. The maximum absolute atomic E-state index is 7.41. The summed E-state index contributed by atoms with van der Waals surface area (Å²) < 4.78 is 17.8. The molecule has 0 saturated heterocycles. The molecule has 0 radical (unpaired) electrons. The smallest absolute Gasteiger partial charge is 0.261 e. The Bertz CT molecular complexity index is 927. The van der Waals surface area contributed by atoms with Crippen molar-refractivity contribution < 1.29 is 13.9 Å². The standard InChI is InChI=1S/C29H36O3Si/c1-29(2,3)33(26-18-10-6-11-19-26,27-20-12-7-13-21-27)32-28(25-16-8-5-9-17-25)22-14-15-23-31-24-30-4/h5-21,28H,22-24H2,1-4H3/b15-14-. The van der Waals surface area contributed by atoms with E-state index in [1.54, 1.807) is 7.11 Å². The fourth-order valence-electron chi connectivity index (χ4n) is 4.31. The summed E-state index contributed by atoms with van der Waals surface area (Å²) in [4.78, 5) is 0. The fourth-order valence-corrected chi connectivity index (χ4v) is 8.99. The lowest BCUT2D eigenvalue weighted by atomic mass is 10.1. The first kappa shape index (κ1) is 25.1. The van der Waals surface area contributed by atoms with Gasteiger partial charge in [0.15, 0.2) is 0 Å². The predicted octanol–water partition coefficient (Wildman–Crippen LogP) is 5.87. The molecule has 3 aromatic rings. The maximum Gasteiger partial charge on any atom is 0.261 e. The Morgan fingerprint density at radius 2 is 1.27 bits per heavy atom. The molecule has 174 valence electrons. The third-order valence-corrected chi connectivity index (χ3v) is 10.9. The zero-order chi connectivity index (χ0) is 23.6. The minimum atomic E-state index is -2.66. The second-order valence-corrected chi connectivity index (χ2v) is 13.4. The van der Waals surface area contributed by atoms with Crippen LogP contribution in [-0.2, 0) is 13.9 Å². The van der Waals surface area contributed by atoms with Crippen LogP contribution in [0.3, 0.4) is 0 Å². The van der Waals surface area contributed by atoms with Gasteiger partial charge in [-0.1, -0.05) is 124 Å². The number of methoxy groups -OCH3 is 1. The molecule has 0 heterocycles. The van der Waals surface area contributed by atoms with Gasteiger partial charge in [0, 0.05) is 7.11 Å². The number of hydrogen-bond donors (Lipinski definition) is 0. The fraction of sp³-hybridized carbons (Fsp3) is 0.310. The highest BCUT2D eigenvalue weighted by molar-refractivity contribution is 6.99. The average molecular weight is 461 g/mol. The Morgan fingerprint density at radius 1 is 0.758 bits per heavy atom. The molecule has 1 unspecified atom stereocenters. The number of benzene rings is 3. The highest BCUT2D eigenvalue weighted by atomic mass is 28.4. The molecular formula is C29H36O3Si. The molecular weight excluding hydrogens is 424 g/mol. The van der Waals surface area contributed by atoms with Crippen molar-refractivity contribution in [3.8, 4) is 0 Å². The van der Waals surface area contributed by atoms with Crippen molar-refractivity contribution in [1.29, 1.82) is 0 Å². The van der Waals surface area contributed by atoms with Crippen molar-refractivity contribution in [2.75, 3.05) is 20.5 Å². The van der Waals surface area contributed by atoms with Crippen molar-refractivity contribution in [3.63, 3.8) is 0 Å². The van der Waals surface area contributed by atoms with Gasteiger partial charge in [0.2, 0.25) is 0 Å². The van der Waals surface area contributed by atoms with E-state index in [1.165, 1.54) is 15.9 Å². The van der Waals surface area contributed by atoms with E-state index >= 15 is 0 Å². The van der Waals surface area contributed by atoms with Gasteiger partial charge < -0.3 is 13.9 Å². The minimum absolute atomic E-state index is 0.0730. The lowest BCUT2D eigenvalue weighted by Crippen LogP contribution is -2.66. The SMILES string of the molecule is COCOC/C=C\CC(O[Si](c1ccccc1)(c1ccccc1)C(C)(C)C)c1ccccc1. The van der Waals surface area contributed by atoms with E-state index in [2.05, 4.69) is 118 Å². The highest BCUT2D eigenvalue weighted by Crippen LogP contribution is 2.40. The molecule has 0 fully saturated rings. The Hall–Kier alpha value is -2.50. The summed E-state index contributed by atoms with van der Waals surface area (Å²) in [7, 11) is -1.03. The summed E-state index contributed by atoms with van der Waals surface area (Å²) in [5.74, 6) is 0. The van der Waals surface area contributed by atoms with Crippen LogP contribution in [0.1, 0.15) is 38.9 Å². The molecule has 0 bridgehead atoms. The molecule has 0 aliphatic rings. The monoisotopic (exact) mass is 460 g/mol. The second kappa shape index (κ2) is 12.1. The molecule has 0 aliphatic heterocycles. The van der Waals surface area contributed by atoms with Crippen molar-refractivity contribution >= 4 is 18.7 Å². The molecule has 1 atom stereocenters. The molecule has 4 heteroatoms. The zero-order valence-electron chi connectivity index (χ0n) is 20.2. The summed E-state index contributed by atoms with van der Waals surface area (Å²) in [5.41, 5.74) is 1.19. The van der Waals surface area contributed by atoms with Crippen LogP contribution in [0, 0.1) is 0 Å². The second-order valence-electron chi connectivity index (χ2n) is 9.16. The molecule has 3 nitrogen and oxygen atoms in total. The van der Waals surface area contributed by atoms with Crippen LogP contribution < -0.4 is 10.4 Å². The Labute approximate surface area is 200 Å². The first-order chi connectivity index (χ1) is 16.0. The quantitative estimate of drug-likeness (QED) is 0.155. The topological polar surface area (TPSA) is 27.7 Å². The lowest BCUT2D eigenvalue weighted by Gasteiger charge is -2.45. The van der Waals surface area contributed by atoms with Crippen molar-refractivity contribution in [2.45, 2.75) is 38.3 Å². The van der Waals surface area contributed by atoms with Gasteiger partial charge in [0.1, 0.15) is 6.79 Å². The molecule has 3 rings (SSSR count). The molecule has 0 aliphatic carbocycles. The van der Waals surface area contributed by atoms with Gasteiger partial charge in [-0.25, -0.2) is 0 Å². The summed E-state index contributed by atoms with van der Waals surface area (Å²) in [6, 6.07) is 32.2. The summed E-state index contributed by atoms with van der Waals surface area (Å²) in [6.07, 6.45) is 4.90. The van der Waals surface area contributed by atoms with Crippen molar-refractivity contribution in [1.82, 2.24) is 0 Å². The number of rotatable bonds is 11. The summed E-state index contributed by atoms with van der Waals surface area (Å²) >= 11 is 0. The predicted molar refractivity (Wildman–Crippen MR) is 139 cm³/mol. The van der Waals surface area contributed by atoms with Crippen molar-refractivity contribution in [3.05, 3.63) is 109 Å². The Morgan fingerprint density at radius 3 is 1.76 bits per heavy atom. The average Bonchev–Trinajstić information content (AvgIpc) is 2.84. The molecule has 0 amide bonds. The van der Waals surface area contributed by atoms with Crippen LogP contribution >= 0.6 is 0 Å². The van der Waals surface area contributed by atoms with Crippen LogP contribution in [0.25, 0.3) is 0 Å².